The molecule has 3 rings (SSSR count). The van der Waals surface area contributed by atoms with Crippen LogP contribution in [0.2, 0.25) is 0 Å². The minimum absolute atomic E-state index is 0.161. The highest BCUT2D eigenvalue weighted by Crippen LogP contribution is 2.26. The molecule has 0 aliphatic carbocycles. The maximum absolute atomic E-state index is 11.0. The van der Waals surface area contributed by atoms with E-state index in [0.717, 1.165) is 17.9 Å². The highest BCUT2D eigenvalue weighted by molar-refractivity contribution is 5.75. The van der Waals surface area contributed by atoms with Crippen molar-refractivity contribution < 1.29 is 19.0 Å². The summed E-state index contributed by atoms with van der Waals surface area (Å²) in [6.45, 7) is 1.35. The second-order valence-corrected chi connectivity index (χ2v) is 4.39. The van der Waals surface area contributed by atoms with E-state index in [1.54, 1.807) is 0 Å². The standard InChI is InChI=1S/C14H14O4/c15-14-6-5-11(18-14)7-10-3-1-2-4-13(10)17-9-12-8-16-12/h1-4,7,12H,5-6,8-9H2/t12-/m1/s1. The normalized spacial score (nSPS) is 24.1. The van der Waals surface area contributed by atoms with Crippen molar-refractivity contribution >= 4 is 12.0 Å². The zero-order valence-corrected chi connectivity index (χ0v) is 9.93. The Labute approximate surface area is 105 Å². The Morgan fingerprint density at radius 2 is 2.17 bits per heavy atom. The molecule has 0 aromatic heterocycles. The Kier molecular flexibility index (Phi) is 3.02. The van der Waals surface area contributed by atoms with Gasteiger partial charge in [0, 0.05) is 12.0 Å². The first kappa shape index (κ1) is 11.3. The van der Waals surface area contributed by atoms with Crippen molar-refractivity contribution in [2.24, 2.45) is 0 Å². The Morgan fingerprint density at radius 3 is 2.89 bits per heavy atom. The van der Waals surface area contributed by atoms with E-state index in [9.17, 15) is 4.79 Å². The van der Waals surface area contributed by atoms with Crippen molar-refractivity contribution in [3.8, 4) is 5.75 Å². The number of cyclic esters (lactones) is 1. The first-order valence-electron chi connectivity index (χ1n) is 6.06. The molecule has 0 saturated carbocycles. The third-order valence-corrected chi connectivity index (χ3v) is 2.88. The zero-order chi connectivity index (χ0) is 12.4. The van der Waals surface area contributed by atoms with Gasteiger partial charge in [0.25, 0.3) is 0 Å². The van der Waals surface area contributed by atoms with Crippen molar-refractivity contribution in [2.45, 2.75) is 18.9 Å². The molecule has 2 heterocycles. The number of allylic oxidation sites excluding steroid dienone is 1. The molecule has 1 aromatic carbocycles. The number of rotatable bonds is 4. The third-order valence-electron chi connectivity index (χ3n) is 2.88. The minimum Gasteiger partial charge on any atom is -0.490 e. The molecule has 0 spiro atoms. The molecule has 94 valence electrons. The second-order valence-electron chi connectivity index (χ2n) is 4.39. The molecule has 2 saturated heterocycles. The van der Waals surface area contributed by atoms with Gasteiger partial charge in [-0.25, -0.2) is 0 Å². The molecule has 4 nitrogen and oxygen atoms in total. The molecule has 0 N–H and O–H groups in total. The Balaban J connectivity index is 1.75. The summed E-state index contributed by atoms with van der Waals surface area (Å²) < 4.78 is 15.9. The quantitative estimate of drug-likeness (QED) is 0.603. The summed E-state index contributed by atoms with van der Waals surface area (Å²) in [5, 5.41) is 0. The van der Waals surface area contributed by atoms with Gasteiger partial charge in [0.05, 0.1) is 13.0 Å². The SMILES string of the molecule is O=C1CCC(=Cc2ccccc2OC[C@H]2CO2)O1. The molecule has 2 aliphatic heterocycles. The highest BCUT2D eigenvalue weighted by atomic mass is 16.6. The molecule has 1 atom stereocenters. The summed E-state index contributed by atoms with van der Waals surface area (Å²) in [5.41, 5.74) is 0.933. The van der Waals surface area contributed by atoms with E-state index in [1.807, 2.05) is 30.3 Å². The van der Waals surface area contributed by atoms with Crippen LogP contribution in [0.4, 0.5) is 0 Å². The number of para-hydroxylation sites is 1. The number of ether oxygens (including phenoxy) is 3. The number of hydrogen-bond donors (Lipinski definition) is 0. The number of carbonyl (C=O) groups is 1. The second kappa shape index (κ2) is 4.82. The molecular weight excluding hydrogens is 232 g/mol. The average molecular weight is 246 g/mol. The number of hydrogen-bond acceptors (Lipinski definition) is 4. The van der Waals surface area contributed by atoms with Crippen molar-refractivity contribution in [3.63, 3.8) is 0 Å². The molecular formula is C14H14O4. The van der Waals surface area contributed by atoms with Crippen molar-refractivity contribution in [3.05, 3.63) is 35.6 Å². The van der Waals surface area contributed by atoms with Crippen LogP contribution in [-0.2, 0) is 14.3 Å². The van der Waals surface area contributed by atoms with E-state index in [2.05, 4.69) is 0 Å². The van der Waals surface area contributed by atoms with Gasteiger partial charge in [0.15, 0.2) is 0 Å². The van der Waals surface area contributed by atoms with E-state index in [0.29, 0.717) is 25.2 Å². The molecule has 1 aromatic rings. The molecule has 0 radical (unpaired) electrons. The van der Waals surface area contributed by atoms with Gasteiger partial charge < -0.3 is 14.2 Å². The van der Waals surface area contributed by atoms with E-state index in [4.69, 9.17) is 14.2 Å². The first-order valence-corrected chi connectivity index (χ1v) is 6.06. The van der Waals surface area contributed by atoms with Crippen molar-refractivity contribution in [1.29, 1.82) is 0 Å². The smallest absolute Gasteiger partial charge is 0.311 e. The zero-order valence-electron chi connectivity index (χ0n) is 9.93. The Hall–Kier alpha value is -1.81. The lowest BCUT2D eigenvalue weighted by molar-refractivity contribution is -0.135. The van der Waals surface area contributed by atoms with Crippen molar-refractivity contribution in [1.82, 2.24) is 0 Å². The minimum atomic E-state index is -0.161. The summed E-state index contributed by atoms with van der Waals surface area (Å²) >= 11 is 0. The summed E-state index contributed by atoms with van der Waals surface area (Å²) in [4.78, 5) is 11.0. The van der Waals surface area contributed by atoms with Crippen LogP contribution in [0.15, 0.2) is 30.0 Å². The number of esters is 1. The predicted octanol–water partition coefficient (Wildman–Crippen LogP) is 2.14. The lowest BCUT2D eigenvalue weighted by atomic mass is 10.1. The van der Waals surface area contributed by atoms with Gasteiger partial charge in [-0.15, -0.1) is 0 Å². The number of carbonyl (C=O) groups excluding carboxylic acids is 1. The van der Waals surface area contributed by atoms with Crippen LogP contribution in [0.1, 0.15) is 18.4 Å². The molecule has 2 fully saturated rings. The third kappa shape index (κ3) is 2.71. The molecule has 18 heavy (non-hydrogen) atoms. The topological polar surface area (TPSA) is 48.1 Å². The number of epoxide rings is 1. The van der Waals surface area contributed by atoms with Gasteiger partial charge in [0.2, 0.25) is 0 Å². The predicted molar refractivity (Wildman–Crippen MR) is 65.0 cm³/mol. The molecule has 0 bridgehead atoms. The fourth-order valence-electron chi connectivity index (χ4n) is 1.83. The van der Waals surface area contributed by atoms with Crippen LogP contribution < -0.4 is 4.74 Å². The number of benzene rings is 1. The van der Waals surface area contributed by atoms with Crippen LogP contribution in [0.25, 0.3) is 6.08 Å². The van der Waals surface area contributed by atoms with E-state index >= 15 is 0 Å². The van der Waals surface area contributed by atoms with Crippen molar-refractivity contribution in [2.75, 3.05) is 13.2 Å². The van der Waals surface area contributed by atoms with Gasteiger partial charge in [-0.3, -0.25) is 4.79 Å². The van der Waals surface area contributed by atoms with Gasteiger partial charge in [0.1, 0.15) is 24.2 Å². The molecule has 0 amide bonds. The summed E-state index contributed by atoms with van der Waals surface area (Å²) in [5.74, 6) is 1.34. The van der Waals surface area contributed by atoms with E-state index in [1.165, 1.54) is 0 Å². The monoisotopic (exact) mass is 246 g/mol. The Bertz CT molecular complexity index is 488. The Morgan fingerprint density at radius 1 is 1.33 bits per heavy atom. The van der Waals surface area contributed by atoms with Gasteiger partial charge in [-0.1, -0.05) is 18.2 Å². The average Bonchev–Trinajstić information content (AvgIpc) is 3.12. The maximum atomic E-state index is 11.0. The molecule has 2 aliphatic rings. The first-order chi connectivity index (χ1) is 8.81. The largest absolute Gasteiger partial charge is 0.490 e. The van der Waals surface area contributed by atoms with Gasteiger partial charge in [-0.2, -0.15) is 0 Å². The lowest BCUT2D eigenvalue weighted by Crippen LogP contribution is -2.04. The summed E-state index contributed by atoms with van der Waals surface area (Å²) in [6.07, 6.45) is 3.23. The van der Waals surface area contributed by atoms with Crippen LogP contribution in [0.5, 0.6) is 5.75 Å². The van der Waals surface area contributed by atoms with Gasteiger partial charge >= 0.3 is 5.97 Å². The van der Waals surface area contributed by atoms with Crippen LogP contribution in [-0.4, -0.2) is 25.3 Å². The maximum Gasteiger partial charge on any atom is 0.311 e. The van der Waals surface area contributed by atoms with E-state index < -0.39 is 0 Å². The lowest BCUT2D eigenvalue weighted by Gasteiger charge is -2.08. The van der Waals surface area contributed by atoms with Gasteiger partial charge in [-0.05, 0) is 12.1 Å². The fourth-order valence-corrected chi connectivity index (χ4v) is 1.83. The van der Waals surface area contributed by atoms with E-state index in [-0.39, 0.29) is 12.1 Å². The highest BCUT2D eigenvalue weighted by Gasteiger charge is 2.23. The summed E-state index contributed by atoms with van der Waals surface area (Å²) in [7, 11) is 0. The molecule has 0 unspecified atom stereocenters. The fraction of sp³-hybridized carbons (Fsp3) is 0.357. The van der Waals surface area contributed by atoms with Crippen LogP contribution in [0, 0.1) is 0 Å². The summed E-state index contributed by atoms with van der Waals surface area (Å²) in [6, 6.07) is 7.71. The molecule has 4 heteroatoms. The van der Waals surface area contributed by atoms with Crippen LogP contribution in [0.3, 0.4) is 0 Å². The van der Waals surface area contributed by atoms with Crippen LogP contribution >= 0.6 is 0 Å².